The lowest BCUT2D eigenvalue weighted by Gasteiger charge is -2.25. The van der Waals surface area contributed by atoms with E-state index in [2.05, 4.69) is 17.2 Å². The highest BCUT2D eigenvalue weighted by atomic mass is 35.5. The number of carboxylic acids is 3. The summed E-state index contributed by atoms with van der Waals surface area (Å²) in [5.41, 5.74) is 1.19. The average molecular weight is 967 g/mol. The van der Waals surface area contributed by atoms with Crippen molar-refractivity contribution in [3.05, 3.63) is 185 Å². The lowest BCUT2D eigenvalue weighted by Crippen LogP contribution is -2.25. The summed E-state index contributed by atoms with van der Waals surface area (Å²) in [7, 11) is 3.74. The van der Waals surface area contributed by atoms with Crippen LogP contribution < -0.4 is 36.1 Å². The Morgan fingerprint density at radius 3 is 2.23 bits per heavy atom. The molecule has 6 N–H and O–H groups in total. The molecule has 15 nitrogen and oxygen atoms in total. The summed E-state index contributed by atoms with van der Waals surface area (Å²) < 4.78 is 12.4. The predicted molar refractivity (Wildman–Crippen MR) is 260 cm³/mol. The SMILES string of the molecule is C=c1ccc2c(c1)Oc1cc(N(C)C)ccc1C=2c1c(Cl)cc(C(=O)NC/C=C/C=C/C(=O)NCc2c(O)ccc3c(-c4ccc(C(=O)O)cc4C(=O)O)c4ccc(=O)cc-4oc23)c(Cl)c1C(=O)O. The monoisotopic (exact) mass is 965 g/mol. The number of carbonyl (C=O) groups excluding carboxylic acids is 2. The van der Waals surface area contributed by atoms with Gasteiger partial charge in [0.15, 0.2) is 5.43 Å². The number of nitrogens with zero attached hydrogens (tertiary/aromatic N) is 1. The van der Waals surface area contributed by atoms with Gasteiger partial charge in [-0.1, -0.05) is 66.2 Å². The minimum absolute atomic E-state index is 0.0257. The third kappa shape index (κ3) is 9.11. The number of carbonyl (C=O) groups is 5. The number of aromatic hydroxyl groups is 1. The number of phenolic OH excluding ortho intramolecular Hbond substituents is 1. The maximum absolute atomic E-state index is 13.5. The fraction of sp³-hybridized carbons (Fsp3) is 0.0769. The van der Waals surface area contributed by atoms with E-state index in [1.54, 1.807) is 24.3 Å². The molecule has 17 heteroatoms. The fourth-order valence-corrected chi connectivity index (χ4v) is 8.60. The lowest BCUT2D eigenvalue weighted by atomic mass is 9.88. The third-order valence-corrected chi connectivity index (χ3v) is 11.9. The number of hydrogen-bond acceptors (Lipinski definition) is 10. The molecule has 69 heavy (non-hydrogen) atoms. The molecule has 2 aliphatic heterocycles. The molecular weight excluding hydrogens is 929 g/mol. The number of phenols is 1. The minimum atomic E-state index is -1.42. The lowest BCUT2D eigenvalue weighted by molar-refractivity contribution is -0.116. The van der Waals surface area contributed by atoms with E-state index in [1.165, 1.54) is 72.8 Å². The van der Waals surface area contributed by atoms with Gasteiger partial charge in [0.2, 0.25) is 5.91 Å². The van der Waals surface area contributed by atoms with Crippen molar-refractivity contribution < 1.29 is 53.6 Å². The van der Waals surface area contributed by atoms with Crippen molar-refractivity contribution in [2.75, 3.05) is 25.5 Å². The van der Waals surface area contributed by atoms with Crippen LogP contribution in [0.4, 0.5) is 5.69 Å². The van der Waals surface area contributed by atoms with Gasteiger partial charge in [-0.3, -0.25) is 14.4 Å². The molecule has 0 spiro atoms. The second kappa shape index (κ2) is 18.9. The molecule has 3 aliphatic rings. The Kier molecular flexibility index (Phi) is 12.8. The summed E-state index contributed by atoms with van der Waals surface area (Å²) >= 11 is 13.6. The van der Waals surface area contributed by atoms with Gasteiger partial charge in [0.1, 0.15) is 28.6 Å². The van der Waals surface area contributed by atoms with Crippen molar-refractivity contribution in [3.8, 4) is 39.7 Å². The third-order valence-electron chi connectivity index (χ3n) is 11.2. The molecule has 0 radical (unpaired) electrons. The zero-order valence-corrected chi connectivity index (χ0v) is 37.9. The molecule has 8 rings (SSSR count). The Morgan fingerprint density at radius 1 is 0.754 bits per heavy atom. The van der Waals surface area contributed by atoms with Crippen molar-refractivity contribution >= 4 is 81.7 Å². The number of nitrogens with one attached hydrogen (secondary N) is 2. The van der Waals surface area contributed by atoms with Gasteiger partial charge in [0.25, 0.3) is 5.91 Å². The van der Waals surface area contributed by atoms with Crippen LogP contribution in [0.25, 0.3) is 45.6 Å². The molecule has 0 fully saturated rings. The number of allylic oxidation sites excluding steroid dienone is 2. The van der Waals surface area contributed by atoms with Crippen LogP contribution in [0.1, 0.15) is 58.1 Å². The quantitative estimate of drug-likeness (QED) is 0.0371. The molecule has 0 aromatic heterocycles. The molecule has 0 bridgehead atoms. The van der Waals surface area contributed by atoms with E-state index in [0.29, 0.717) is 44.0 Å². The smallest absolute Gasteiger partial charge is 0.337 e. The Bertz CT molecular complexity index is 3580. The number of ether oxygens (including phenoxy) is 1. The zero-order valence-electron chi connectivity index (χ0n) is 36.3. The van der Waals surface area contributed by atoms with Gasteiger partial charge in [0, 0.05) is 83.0 Å². The maximum atomic E-state index is 13.5. The number of amides is 2. The van der Waals surface area contributed by atoms with E-state index in [0.717, 1.165) is 11.8 Å². The number of anilines is 1. The van der Waals surface area contributed by atoms with Gasteiger partial charge in [-0.15, -0.1) is 0 Å². The van der Waals surface area contributed by atoms with Crippen LogP contribution in [0.2, 0.25) is 10.0 Å². The number of rotatable bonds is 13. The molecule has 0 saturated heterocycles. The number of hydrogen-bond donors (Lipinski definition) is 6. The molecule has 346 valence electrons. The topological polar surface area (TPSA) is 233 Å². The highest BCUT2D eigenvalue weighted by molar-refractivity contribution is 6.40. The van der Waals surface area contributed by atoms with Crippen LogP contribution in [-0.2, 0) is 11.3 Å². The molecular formula is C52H37Cl2N3O12. The number of fused-ring (bicyclic) bond motifs is 4. The van der Waals surface area contributed by atoms with Crippen molar-refractivity contribution in [3.63, 3.8) is 0 Å². The highest BCUT2D eigenvalue weighted by Gasteiger charge is 2.31. The molecule has 2 heterocycles. The predicted octanol–water partition coefficient (Wildman–Crippen LogP) is 7.66. The molecule has 5 aromatic carbocycles. The molecule has 0 unspecified atom stereocenters. The van der Waals surface area contributed by atoms with E-state index in [9.17, 15) is 49.2 Å². The maximum Gasteiger partial charge on any atom is 0.337 e. The number of aromatic carboxylic acids is 3. The van der Waals surface area contributed by atoms with E-state index >= 15 is 0 Å². The van der Waals surface area contributed by atoms with Gasteiger partial charge in [-0.2, -0.15) is 0 Å². The van der Waals surface area contributed by atoms with Crippen LogP contribution in [0, 0.1) is 0 Å². The Morgan fingerprint density at radius 2 is 1.51 bits per heavy atom. The van der Waals surface area contributed by atoms with Crippen molar-refractivity contribution in [1.82, 2.24) is 10.6 Å². The summed E-state index contributed by atoms with van der Waals surface area (Å²) in [4.78, 5) is 77.8. The second-order valence-electron chi connectivity index (χ2n) is 15.8. The summed E-state index contributed by atoms with van der Waals surface area (Å²) in [6.07, 6.45) is 5.53. The van der Waals surface area contributed by atoms with Gasteiger partial charge in [-0.25, -0.2) is 14.4 Å². The normalized spacial score (nSPS) is 11.9. The number of halogens is 2. The first kappa shape index (κ1) is 46.9. The van der Waals surface area contributed by atoms with E-state index in [1.807, 2.05) is 31.1 Å². The van der Waals surface area contributed by atoms with Crippen LogP contribution in [0.15, 0.2) is 125 Å². The first-order valence-corrected chi connectivity index (χ1v) is 21.5. The van der Waals surface area contributed by atoms with Crippen molar-refractivity contribution in [2.45, 2.75) is 6.54 Å². The van der Waals surface area contributed by atoms with Gasteiger partial charge in [0.05, 0.1) is 44.4 Å². The summed E-state index contributed by atoms with van der Waals surface area (Å²) in [5.74, 6) is -4.86. The fourth-order valence-electron chi connectivity index (χ4n) is 7.99. The van der Waals surface area contributed by atoms with Crippen LogP contribution in [-0.4, -0.2) is 70.8 Å². The summed E-state index contributed by atoms with van der Waals surface area (Å²) in [5, 5.41) is 47.5. The van der Waals surface area contributed by atoms with Crippen LogP contribution in [0.5, 0.6) is 17.2 Å². The molecule has 5 aromatic rings. The first-order valence-electron chi connectivity index (χ1n) is 20.7. The summed E-state index contributed by atoms with van der Waals surface area (Å²) in [6, 6.07) is 22.3. The number of carboxylic acid groups (broad SMARTS) is 3. The van der Waals surface area contributed by atoms with Crippen molar-refractivity contribution in [1.29, 1.82) is 0 Å². The molecule has 0 atom stereocenters. The highest BCUT2D eigenvalue weighted by Crippen LogP contribution is 2.45. The Balaban J connectivity index is 1.00. The molecule has 1 aliphatic carbocycles. The molecule has 2 amide bonds. The standard InChI is InChI=1S/C52H37Cl2N3O12/c1-25-8-12-31-39(19-25)68-40-21-27(57(2)3)10-14-32(40)44(31)45-37(53)23-35(47(54)46(45)52(66)67)49(61)55-18-6-4-5-7-42(60)56-24-36-38(59)17-16-33-43(30-15-11-28(58)22-41(30)69-48(33)36)29-13-9-26(50(62)63)20-34(29)51(64)65/h4-17,19-23,59H,1,18,24H2,2-3H3,(H,55,61)(H,56,60)(H,62,63)(H,64,65)(H,66,67)/b6-4+,7-5+. The largest absolute Gasteiger partial charge is 0.507 e. The first-order chi connectivity index (χ1) is 32.9. The Labute approximate surface area is 401 Å². The van der Waals surface area contributed by atoms with Gasteiger partial charge in [-0.05, 0) is 71.4 Å². The van der Waals surface area contributed by atoms with Crippen molar-refractivity contribution in [2.24, 2.45) is 0 Å². The summed E-state index contributed by atoms with van der Waals surface area (Å²) in [6.45, 7) is 3.63. The average Bonchev–Trinajstić information content (AvgIpc) is 3.30. The second-order valence-corrected chi connectivity index (χ2v) is 16.6. The van der Waals surface area contributed by atoms with E-state index in [-0.39, 0.29) is 79.2 Å². The van der Waals surface area contributed by atoms with Crippen LogP contribution >= 0.6 is 23.2 Å². The Hall–Kier alpha value is -8.66. The zero-order chi connectivity index (χ0) is 49.4. The minimum Gasteiger partial charge on any atom is -0.507 e. The number of benzene rings is 6. The van der Waals surface area contributed by atoms with Crippen LogP contribution in [0.3, 0.4) is 0 Å². The van der Waals surface area contributed by atoms with Gasteiger partial charge < -0.3 is 45.1 Å². The van der Waals surface area contributed by atoms with E-state index in [4.69, 9.17) is 32.4 Å². The van der Waals surface area contributed by atoms with E-state index < -0.39 is 40.7 Å². The van der Waals surface area contributed by atoms with Gasteiger partial charge >= 0.3 is 17.9 Å². The molecule has 0 saturated carbocycles.